The van der Waals surface area contributed by atoms with Crippen LogP contribution in [0.15, 0.2) is 48.9 Å². The van der Waals surface area contributed by atoms with Crippen LogP contribution >= 0.6 is 0 Å². The van der Waals surface area contributed by atoms with E-state index in [4.69, 9.17) is 10.5 Å². The molecule has 8 heteroatoms. The molecule has 2 aromatic heterocycles. The number of nitrogens with zero attached hydrogens (tertiary/aromatic N) is 4. The van der Waals surface area contributed by atoms with E-state index in [1.54, 1.807) is 27.9 Å². The second-order valence-electron chi connectivity index (χ2n) is 8.26. The quantitative estimate of drug-likeness (QED) is 0.514. The first-order valence-corrected chi connectivity index (χ1v) is 10.3. The summed E-state index contributed by atoms with van der Waals surface area (Å²) in [5.41, 5.74) is 9.78. The second-order valence-corrected chi connectivity index (χ2v) is 8.26. The first-order valence-electron chi connectivity index (χ1n) is 10.3. The Morgan fingerprint density at radius 1 is 1.26 bits per heavy atom. The van der Waals surface area contributed by atoms with Crippen LogP contribution in [0.4, 0.5) is 10.2 Å². The van der Waals surface area contributed by atoms with Crippen LogP contribution in [0.2, 0.25) is 0 Å². The minimum Gasteiger partial charge on any atom is -0.382 e. The highest BCUT2D eigenvalue weighted by molar-refractivity contribution is 5.99. The molecule has 1 fully saturated rings. The standard InChI is InChI=1S/C23H20FN5O2/c1-12-10-28(21-14-5-3-2-4-13(14)6-20(21)31-12)23(30)15-7-18-17(8-16(15)24)27-22(25)19-9-26-11-29(18)19/h2-5,7-9,11-12,20-21H,6,10H2,1H3,(H2,25,27)/t12?,20?,21-/m0/s1. The molecule has 1 amide bonds. The highest BCUT2D eigenvalue weighted by Gasteiger charge is 2.44. The zero-order valence-electron chi connectivity index (χ0n) is 16.8. The van der Waals surface area contributed by atoms with Gasteiger partial charge in [0, 0.05) is 19.0 Å². The lowest BCUT2D eigenvalue weighted by molar-refractivity contribution is -0.0938. The van der Waals surface area contributed by atoms with Gasteiger partial charge in [0.05, 0.1) is 47.4 Å². The smallest absolute Gasteiger partial charge is 0.257 e. The van der Waals surface area contributed by atoms with Gasteiger partial charge in [-0.25, -0.2) is 14.4 Å². The van der Waals surface area contributed by atoms with Crippen molar-refractivity contribution in [2.24, 2.45) is 0 Å². The van der Waals surface area contributed by atoms with Crippen molar-refractivity contribution in [3.8, 4) is 0 Å². The number of carbonyl (C=O) groups excluding carboxylic acids is 1. The third-order valence-electron chi connectivity index (χ3n) is 6.30. The molecule has 2 unspecified atom stereocenters. The number of benzene rings is 2. The Hall–Kier alpha value is -3.52. The second kappa shape index (κ2) is 6.49. The van der Waals surface area contributed by atoms with Crippen LogP contribution in [0.3, 0.4) is 0 Å². The normalized spacial score (nSPS) is 22.6. The van der Waals surface area contributed by atoms with Gasteiger partial charge in [-0.05, 0) is 24.1 Å². The van der Waals surface area contributed by atoms with Crippen molar-refractivity contribution >= 4 is 28.3 Å². The number of nitrogen functional groups attached to an aromatic ring is 1. The molecule has 2 aliphatic rings. The molecule has 1 saturated heterocycles. The molecular formula is C23H20FN5O2. The van der Waals surface area contributed by atoms with Crippen LogP contribution in [0, 0.1) is 5.82 Å². The van der Waals surface area contributed by atoms with Crippen LogP contribution in [0.1, 0.15) is 34.5 Å². The lowest BCUT2D eigenvalue weighted by Crippen LogP contribution is -2.50. The molecule has 2 aromatic carbocycles. The third-order valence-corrected chi connectivity index (χ3v) is 6.30. The van der Waals surface area contributed by atoms with E-state index in [1.165, 1.54) is 11.6 Å². The van der Waals surface area contributed by atoms with Gasteiger partial charge in [-0.15, -0.1) is 0 Å². The number of ether oxygens (including phenoxy) is 1. The first-order chi connectivity index (χ1) is 15.0. The molecule has 0 bridgehead atoms. The van der Waals surface area contributed by atoms with Crippen molar-refractivity contribution in [3.05, 3.63) is 71.4 Å². The number of imidazole rings is 1. The SMILES string of the molecule is CC1CN(C(=O)c2cc3c(cc2F)nc(N)c2cncn23)[C@H]2c3ccccc3CC2O1. The molecule has 1 aliphatic heterocycles. The number of carbonyl (C=O) groups is 1. The predicted octanol–water partition coefficient (Wildman–Crippen LogP) is 3.13. The molecule has 1 aliphatic carbocycles. The molecule has 2 N–H and O–H groups in total. The summed E-state index contributed by atoms with van der Waals surface area (Å²) in [7, 11) is 0. The monoisotopic (exact) mass is 417 g/mol. The Morgan fingerprint density at radius 3 is 2.97 bits per heavy atom. The van der Waals surface area contributed by atoms with E-state index < -0.39 is 5.82 Å². The van der Waals surface area contributed by atoms with Gasteiger partial charge in [0.25, 0.3) is 5.91 Å². The summed E-state index contributed by atoms with van der Waals surface area (Å²) in [6.07, 6.45) is 3.66. The van der Waals surface area contributed by atoms with Gasteiger partial charge in [-0.3, -0.25) is 9.20 Å². The van der Waals surface area contributed by atoms with E-state index in [0.717, 1.165) is 12.0 Å². The van der Waals surface area contributed by atoms with Crippen LogP contribution < -0.4 is 5.73 Å². The van der Waals surface area contributed by atoms with Gasteiger partial charge in [-0.1, -0.05) is 24.3 Å². The molecule has 3 heterocycles. The molecule has 31 heavy (non-hydrogen) atoms. The number of hydrogen-bond acceptors (Lipinski definition) is 5. The summed E-state index contributed by atoms with van der Waals surface area (Å²) in [5, 5.41) is 0. The summed E-state index contributed by atoms with van der Waals surface area (Å²) in [6, 6.07) is 10.6. The number of anilines is 1. The van der Waals surface area contributed by atoms with E-state index in [9.17, 15) is 4.79 Å². The zero-order chi connectivity index (χ0) is 21.3. The zero-order valence-corrected chi connectivity index (χ0v) is 16.8. The number of amides is 1. The molecule has 7 nitrogen and oxygen atoms in total. The maximum atomic E-state index is 15.1. The average molecular weight is 417 g/mol. The summed E-state index contributed by atoms with van der Waals surface area (Å²) < 4.78 is 23.0. The number of nitrogens with two attached hydrogens (primary N) is 1. The highest BCUT2D eigenvalue weighted by atomic mass is 19.1. The Labute approximate surface area is 177 Å². The molecular weight excluding hydrogens is 397 g/mol. The van der Waals surface area contributed by atoms with Crippen molar-refractivity contribution in [3.63, 3.8) is 0 Å². The lowest BCUT2D eigenvalue weighted by Gasteiger charge is -2.41. The average Bonchev–Trinajstić information content (AvgIpc) is 3.37. The molecule has 0 radical (unpaired) electrons. The minimum absolute atomic E-state index is 0.00584. The molecule has 0 spiro atoms. The molecule has 3 atom stereocenters. The van der Waals surface area contributed by atoms with Crippen molar-refractivity contribution < 1.29 is 13.9 Å². The molecule has 156 valence electrons. The number of halogens is 1. The number of fused-ring (bicyclic) bond motifs is 6. The fourth-order valence-corrected chi connectivity index (χ4v) is 4.99. The highest BCUT2D eigenvalue weighted by Crippen LogP contribution is 2.42. The Kier molecular flexibility index (Phi) is 3.82. The Morgan fingerprint density at radius 2 is 2.10 bits per heavy atom. The fraction of sp³-hybridized carbons (Fsp3) is 0.261. The topological polar surface area (TPSA) is 85.8 Å². The molecule has 6 rings (SSSR count). The first kappa shape index (κ1) is 18.3. The van der Waals surface area contributed by atoms with E-state index in [0.29, 0.717) is 23.1 Å². The predicted molar refractivity (Wildman–Crippen MR) is 113 cm³/mol. The fourth-order valence-electron chi connectivity index (χ4n) is 4.99. The summed E-state index contributed by atoms with van der Waals surface area (Å²) in [4.78, 5) is 23.8. The summed E-state index contributed by atoms with van der Waals surface area (Å²) >= 11 is 0. The Balaban J connectivity index is 1.49. The van der Waals surface area contributed by atoms with Gasteiger partial charge < -0.3 is 15.4 Å². The number of rotatable bonds is 1. The molecule has 0 saturated carbocycles. The maximum Gasteiger partial charge on any atom is 0.257 e. The van der Waals surface area contributed by atoms with E-state index in [2.05, 4.69) is 16.0 Å². The van der Waals surface area contributed by atoms with Crippen molar-refractivity contribution in [1.29, 1.82) is 0 Å². The van der Waals surface area contributed by atoms with E-state index >= 15 is 4.39 Å². The van der Waals surface area contributed by atoms with Gasteiger partial charge >= 0.3 is 0 Å². The van der Waals surface area contributed by atoms with Crippen LogP contribution in [-0.4, -0.2) is 43.9 Å². The minimum atomic E-state index is -0.620. The summed E-state index contributed by atoms with van der Waals surface area (Å²) in [5.74, 6) is -0.715. The number of morpholine rings is 1. The third kappa shape index (κ3) is 2.64. The summed E-state index contributed by atoms with van der Waals surface area (Å²) in [6.45, 7) is 2.34. The van der Waals surface area contributed by atoms with Crippen molar-refractivity contribution in [1.82, 2.24) is 19.3 Å². The van der Waals surface area contributed by atoms with Gasteiger partial charge in [0.2, 0.25) is 0 Å². The van der Waals surface area contributed by atoms with Crippen LogP contribution in [-0.2, 0) is 11.2 Å². The van der Waals surface area contributed by atoms with Crippen LogP contribution in [0.25, 0.3) is 16.6 Å². The number of hydrogen-bond donors (Lipinski definition) is 1. The van der Waals surface area contributed by atoms with Crippen molar-refractivity contribution in [2.75, 3.05) is 12.3 Å². The van der Waals surface area contributed by atoms with Gasteiger partial charge in [0.15, 0.2) is 0 Å². The molecule has 4 aromatic rings. The maximum absolute atomic E-state index is 15.1. The Bertz CT molecular complexity index is 1370. The van der Waals surface area contributed by atoms with E-state index in [-0.39, 0.29) is 35.5 Å². The largest absolute Gasteiger partial charge is 0.382 e. The lowest BCUT2D eigenvalue weighted by atomic mass is 10.0. The van der Waals surface area contributed by atoms with Crippen molar-refractivity contribution in [2.45, 2.75) is 31.6 Å². The van der Waals surface area contributed by atoms with Gasteiger partial charge in [0.1, 0.15) is 17.2 Å². The van der Waals surface area contributed by atoms with Crippen LogP contribution in [0.5, 0.6) is 0 Å². The number of aromatic nitrogens is 3. The van der Waals surface area contributed by atoms with Gasteiger partial charge in [-0.2, -0.15) is 0 Å². The van der Waals surface area contributed by atoms with E-state index in [1.807, 2.05) is 25.1 Å².